The Kier molecular flexibility index (Phi) is 5.66. The lowest BCUT2D eigenvalue weighted by atomic mass is 10.2. The molecule has 0 saturated carbocycles. The van der Waals surface area contributed by atoms with Crippen LogP contribution in [-0.2, 0) is 0 Å². The molecule has 0 amide bonds. The fraction of sp³-hybridized carbons (Fsp3) is 0.200. The Balaban J connectivity index is 1.79. The summed E-state index contributed by atoms with van der Waals surface area (Å²) in [6.45, 7) is 1.93. The summed E-state index contributed by atoms with van der Waals surface area (Å²) >= 11 is 6.16. The normalized spacial score (nSPS) is 10.4. The highest BCUT2D eigenvalue weighted by Crippen LogP contribution is 2.32. The van der Waals surface area contributed by atoms with Crippen molar-refractivity contribution in [2.24, 2.45) is 0 Å². The zero-order valence-electron chi connectivity index (χ0n) is 15.7. The molecule has 0 bridgehead atoms. The first-order valence-corrected chi connectivity index (χ1v) is 8.82. The number of rotatable bonds is 6. The Hall–Kier alpha value is -2.99. The van der Waals surface area contributed by atoms with Gasteiger partial charge in [-0.05, 0) is 48.9 Å². The molecule has 0 spiro atoms. The van der Waals surface area contributed by atoms with E-state index in [2.05, 4.69) is 25.5 Å². The molecule has 2 aromatic carbocycles. The highest BCUT2D eigenvalue weighted by atomic mass is 35.5. The molecule has 2 N–H and O–H groups in total. The molecule has 140 valence electrons. The van der Waals surface area contributed by atoms with Crippen molar-refractivity contribution in [3.05, 3.63) is 59.2 Å². The van der Waals surface area contributed by atoms with Crippen molar-refractivity contribution >= 4 is 40.4 Å². The van der Waals surface area contributed by atoms with Crippen molar-refractivity contribution in [1.82, 2.24) is 9.97 Å². The minimum absolute atomic E-state index is 0.463. The fourth-order valence-electron chi connectivity index (χ4n) is 2.53. The van der Waals surface area contributed by atoms with E-state index in [1.54, 1.807) is 19.4 Å². The van der Waals surface area contributed by atoms with E-state index in [1.807, 2.05) is 57.4 Å². The van der Waals surface area contributed by atoms with Gasteiger partial charge < -0.3 is 20.3 Å². The van der Waals surface area contributed by atoms with E-state index >= 15 is 0 Å². The summed E-state index contributed by atoms with van der Waals surface area (Å²) < 4.78 is 5.39. The molecule has 0 atom stereocenters. The molecule has 0 unspecified atom stereocenters. The number of hydrogen-bond donors (Lipinski definition) is 2. The van der Waals surface area contributed by atoms with Gasteiger partial charge in [-0.3, -0.25) is 0 Å². The molecule has 0 aliphatic rings. The number of nitrogens with zero attached hydrogens (tertiary/aromatic N) is 3. The SMILES string of the molecule is COc1cc(Cl)c(C)cc1Nc1nccc(Nc2ccc(N(C)C)cc2)n1. The number of aryl methyl sites for hydroxylation is 1. The van der Waals surface area contributed by atoms with Crippen LogP contribution in [0.4, 0.5) is 28.8 Å². The molecule has 3 aromatic rings. The van der Waals surface area contributed by atoms with Gasteiger partial charge >= 0.3 is 0 Å². The van der Waals surface area contributed by atoms with E-state index in [0.717, 1.165) is 22.6 Å². The van der Waals surface area contributed by atoms with Gasteiger partial charge in [0.1, 0.15) is 11.6 Å². The fourth-order valence-corrected chi connectivity index (χ4v) is 2.68. The zero-order chi connectivity index (χ0) is 19.4. The van der Waals surface area contributed by atoms with E-state index in [9.17, 15) is 0 Å². The molecule has 0 saturated heterocycles. The van der Waals surface area contributed by atoms with Crippen molar-refractivity contribution in [3.8, 4) is 5.75 Å². The molecule has 27 heavy (non-hydrogen) atoms. The van der Waals surface area contributed by atoms with Crippen molar-refractivity contribution in [2.75, 3.05) is 36.7 Å². The molecule has 0 fully saturated rings. The molecule has 0 aliphatic heterocycles. The van der Waals surface area contributed by atoms with Crippen LogP contribution in [0.1, 0.15) is 5.56 Å². The number of anilines is 5. The average Bonchev–Trinajstić information content (AvgIpc) is 2.65. The standard InChI is InChI=1S/C20H22ClN5O/c1-13-11-17(18(27-4)12-16(13)21)24-20-22-10-9-19(25-20)23-14-5-7-15(8-6-14)26(2)3/h5-12H,1-4H3,(H2,22,23,24,25). The molecule has 0 aliphatic carbocycles. The van der Waals surface area contributed by atoms with Crippen molar-refractivity contribution in [2.45, 2.75) is 6.92 Å². The van der Waals surface area contributed by atoms with Crippen LogP contribution in [-0.4, -0.2) is 31.2 Å². The first-order chi connectivity index (χ1) is 13.0. The van der Waals surface area contributed by atoms with Crippen LogP contribution in [0.15, 0.2) is 48.7 Å². The van der Waals surface area contributed by atoms with E-state index in [1.165, 1.54) is 0 Å². The van der Waals surface area contributed by atoms with Gasteiger partial charge in [0.05, 0.1) is 12.8 Å². The van der Waals surface area contributed by atoms with Crippen LogP contribution < -0.4 is 20.3 Å². The minimum atomic E-state index is 0.463. The summed E-state index contributed by atoms with van der Waals surface area (Å²) in [6, 6.07) is 13.6. The van der Waals surface area contributed by atoms with E-state index < -0.39 is 0 Å². The lowest BCUT2D eigenvalue weighted by Crippen LogP contribution is -2.08. The molecule has 0 radical (unpaired) electrons. The predicted molar refractivity (Wildman–Crippen MR) is 112 cm³/mol. The lowest BCUT2D eigenvalue weighted by Gasteiger charge is -2.14. The van der Waals surface area contributed by atoms with Gasteiger partial charge in [-0.1, -0.05) is 11.6 Å². The van der Waals surface area contributed by atoms with Crippen molar-refractivity contribution in [1.29, 1.82) is 0 Å². The third-order valence-electron chi connectivity index (χ3n) is 4.04. The van der Waals surface area contributed by atoms with Crippen LogP contribution >= 0.6 is 11.6 Å². The topological polar surface area (TPSA) is 62.3 Å². The maximum atomic E-state index is 6.16. The highest BCUT2D eigenvalue weighted by Gasteiger charge is 2.09. The van der Waals surface area contributed by atoms with Crippen LogP contribution in [0.25, 0.3) is 0 Å². The summed E-state index contributed by atoms with van der Waals surface area (Å²) in [5.41, 5.74) is 3.78. The Morgan fingerprint density at radius 2 is 1.78 bits per heavy atom. The van der Waals surface area contributed by atoms with Gasteiger partial charge in [0.15, 0.2) is 0 Å². The molecule has 1 aromatic heterocycles. The van der Waals surface area contributed by atoms with Crippen LogP contribution in [0, 0.1) is 6.92 Å². The highest BCUT2D eigenvalue weighted by molar-refractivity contribution is 6.31. The van der Waals surface area contributed by atoms with Crippen LogP contribution in [0.2, 0.25) is 5.02 Å². The Morgan fingerprint density at radius 3 is 2.44 bits per heavy atom. The molecular weight excluding hydrogens is 362 g/mol. The number of benzene rings is 2. The molecular formula is C20H22ClN5O. The molecule has 3 rings (SSSR count). The average molecular weight is 384 g/mol. The van der Waals surface area contributed by atoms with Gasteiger partial charge in [0.25, 0.3) is 0 Å². The second-order valence-corrected chi connectivity index (χ2v) is 6.67. The number of aromatic nitrogens is 2. The van der Waals surface area contributed by atoms with Crippen molar-refractivity contribution < 1.29 is 4.74 Å². The van der Waals surface area contributed by atoms with E-state index in [-0.39, 0.29) is 0 Å². The Labute approximate surface area is 164 Å². The molecule has 6 nitrogen and oxygen atoms in total. The van der Waals surface area contributed by atoms with Gasteiger partial charge in [-0.25, -0.2) is 4.98 Å². The molecule has 7 heteroatoms. The molecule has 1 heterocycles. The monoisotopic (exact) mass is 383 g/mol. The third kappa shape index (κ3) is 4.60. The minimum Gasteiger partial charge on any atom is -0.495 e. The van der Waals surface area contributed by atoms with Gasteiger partial charge in [0, 0.05) is 42.8 Å². The number of ether oxygens (including phenoxy) is 1. The zero-order valence-corrected chi connectivity index (χ0v) is 16.5. The van der Waals surface area contributed by atoms with Gasteiger partial charge in [-0.2, -0.15) is 4.98 Å². The lowest BCUT2D eigenvalue weighted by molar-refractivity contribution is 0.416. The summed E-state index contributed by atoms with van der Waals surface area (Å²) in [5, 5.41) is 7.12. The van der Waals surface area contributed by atoms with Crippen LogP contribution in [0.3, 0.4) is 0 Å². The first-order valence-electron chi connectivity index (χ1n) is 8.45. The Bertz CT molecular complexity index is 928. The third-order valence-corrected chi connectivity index (χ3v) is 4.45. The maximum absolute atomic E-state index is 6.16. The Morgan fingerprint density at radius 1 is 1.04 bits per heavy atom. The van der Waals surface area contributed by atoms with Crippen molar-refractivity contribution in [3.63, 3.8) is 0 Å². The smallest absolute Gasteiger partial charge is 0.229 e. The number of methoxy groups -OCH3 is 1. The summed E-state index contributed by atoms with van der Waals surface area (Å²) in [4.78, 5) is 10.9. The number of halogens is 1. The quantitative estimate of drug-likeness (QED) is 0.624. The van der Waals surface area contributed by atoms with Crippen LogP contribution in [0.5, 0.6) is 5.75 Å². The van der Waals surface area contributed by atoms with Gasteiger partial charge in [-0.15, -0.1) is 0 Å². The summed E-state index contributed by atoms with van der Waals surface area (Å²) in [5.74, 6) is 1.78. The predicted octanol–water partition coefficient (Wildman–Crippen LogP) is 5.00. The largest absolute Gasteiger partial charge is 0.495 e. The number of hydrogen-bond acceptors (Lipinski definition) is 6. The van der Waals surface area contributed by atoms with Gasteiger partial charge in [0.2, 0.25) is 5.95 Å². The maximum Gasteiger partial charge on any atom is 0.229 e. The number of nitrogens with one attached hydrogen (secondary N) is 2. The first kappa shape index (κ1) is 18.8. The summed E-state index contributed by atoms with van der Waals surface area (Å²) in [7, 11) is 5.62. The van der Waals surface area contributed by atoms with E-state index in [4.69, 9.17) is 16.3 Å². The second-order valence-electron chi connectivity index (χ2n) is 6.26. The second kappa shape index (κ2) is 8.14. The van der Waals surface area contributed by atoms with E-state index in [0.29, 0.717) is 22.5 Å². The summed E-state index contributed by atoms with van der Waals surface area (Å²) in [6.07, 6.45) is 1.70.